The maximum absolute atomic E-state index is 12.2. The molecule has 0 bridgehead atoms. The molecule has 1 aromatic carbocycles. The van der Waals surface area contributed by atoms with Crippen LogP contribution in [0.15, 0.2) is 40.8 Å². The number of ether oxygens (including phenoxy) is 2. The first-order valence-electron chi connectivity index (χ1n) is 10.1. The molecule has 32 heavy (non-hydrogen) atoms. The number of carbonyl (C=O) groups is 1. The molecule has 0 saturated carbocycles. The second-order valence-electron chi connectivity index (χ2n) is 6.95. The Morgan fingerprint density at radius 3 is 2.62 bits per heavy atom. The number of furan rings is 1. The highest BCUT2D eigenvalue weighted by atomic mass is 32.1. The van der Waals surface area contributed by atoms with Crippen molar-refractivity contribution in [2.75, 3.05) is 39.4 Å². The van der Waals surface area contributed by atoms with Gasteiger partial charge in [0.15, 0.2) is 10.9 Å². The Bertz CT molecular complexity index is 913. The SMILES string of the molecule is O=C(NNC(=S)NCCCN1CCOCC1)c1ccc(COc2ccc([N+](=O)[O-])cc2)o1. The Morgan fingerprint density at radius 1 is 1.16 bits per heavy atom. The molecule has 0 aliphatic carbocycles. The van der Waals surface area contributed by atoms with Crippen LogP contribution < -0.4 is 20.9 Å². The van der Waals surface area contributed by atoms with Gasteiger partial charge < -0.3 is 19.2 Å². The molecule has 2 heterocycles. The van der Waals surface area contributed by atoms with Gasteiger partial charge in [-0.3, -0.25) is 30.7 Å². The van der Waals surface area contributed by atoms with Crippen molar-refractivity contribution in [3.8, 4) is 5.75 Å². The number of nitro benzene ring substituents is 1. The summed E-state index contributed by atoms with van der Waals surface area (Å²) in [4.78, 5) is 24.7. The summed E-state index contributed by atoms with van der Waals surface area (Å²) in [5, 5.41) is 14.0. The van der Waals surface area contributed by atoms with Crippen LogP contribution in [0.5, 0.6) is 5.75 Å². The first-order chi connectivity index (χ1) is 15.5. The number of rotatable bonds is 9. The lowest BCUT2D eigenvalue weighted by Crippen LogP contribution is -2.47. The van der Waals surface area contributed by atoms with E-state index >= 15 is 0 Å². The van der Waals surface area contributed by atoms with Gasteiger partial charge in [0.1, 0.15) is 18.1 Å². The van der Waals surface area contributed by atoms with Crippen LogP contribution in [-0.2, 0) is 11.3 Å². The molecule has 1 amide bonds. The lowest BCUT2D eigenvalue weighted by Gasteiger charge is -2.26. The van der Waals surface area contributed by atoms with Gasteiger partial charge in [-0.25, -0.2) is 0 Å². The molecule has 12 heteroatoms. The Morgan fingerprint density at radius 2 is 1.91 bits per heavy atom. The highest BCUT2D eigenvalue weighted by molar-refractivity contribution is 7.80. The van der Waals surface area contributed by atoms with Crippen LogP contribution in [0.3, 0.4) is 0 Å². The van der Waals surface area contributed by atoms with Gasteiger partial charge in [-0.1, -0.05) is 0 Å². The van der Waals surface area contributed by atoms with Gasteiger partial charge in [0.25, 0.3) is 5.69 Å². The van der Waals surface area contributed by atoms with Crippen LogP contribution in [0.25, 0.3) is 0 Å². The van der Waals surface area contributed by atoms with Crippen molar-refractivity contribution >= 4 is 28.9 Å². The number of hydrogen-bond acceptors (Lipinski definition) is 8. The number of nitro groups is 1. The minimum Gasteiger partial charge on any atom is -0.486 e. The van der Waals surface area contributed by atoms with E-state index in [1.807, 2.05) is 0 Å². The molecule has 172 valence electrons. The predicted octanol–water partition coefficient (Wildman–Crippen LogP) is 1.60. The van der Waals surface area contributed by atoms with Gasteiger partial charge in [0.2, 0.25) is 0 Å². The van der Waals surface area contributed by atoms with E-state index in [1.165, 1.54) is 30.3 Å². The highest BCUT2D eigenvalue weighted by Crippen LogP contribution is 2.19. The Hall–Kier alpha value is -3.22. The number of hydrogen-bond donors (Lipinski definition) is 3. The molecule has 1 aliphatic heterocycles. The van der Waals surface area contributed by atoms with Gasteiger partial charge in [0.05, 0.1) is 18.1 Å². The number of nitrogens with one attached hydrogen (secondary N) is 3. The molecule has 11 nitrogen and oxygen atoms in total. The lowest BCUT2D eigenvalue weighted by atomic mass is 10.3. The quantitative estimate of drug-likeness (QED) is 0.218. The second-order valence-corrected chi connectivity index (χ2v) is 7.36. The fourth-order valence-corrected chi connectivity index (χ4v) is 3.10. The van der Waals surface area contributed by atoms with Crippen molar-refractivity contribution in [3.05, 3.63) is 58.0 Å². The molecule has 2 aromatic rings. The minimum atomic E-state index is -0.484. The van der Waals surface area contributed by atoms with E-state index in [0.717, 1.165) is 39.3 Å². The maximum Gasteiger partial charge on any atom is 0.305 e. The molecule has 0 unspecified atom stereocenters. The van der Waals surface area contributed by atoms with Crippen molar-refractivity contribution in [2.24, 2.45) is 0 Å². The molecular weight excluding hydrogens is 438 g/mol. The summed E-state index contributed by atoms with van der Waals surface area (Å²) in [5.74, 6) is 0.487. The maximum atomic E-state index is 12.2. The van der Waals surface area contributed by atoms with Crippen molar-refractivity contribution in [1.82, 2.24) is 21.1 Å². The number of benzene rings is 1. The van der Waals surface area contributed by atoms with Crippen molar-refractivity contribution in [1.29, 1.82) is 0 Å². The van der Waals surface area contributed by atoms with Crippen LogP contribution in [0.4, 0.5) is 5.69 Å². The highest BCUT2D eigenvalue weighted by Gasteiger charge is 2.13. The average Bonchev–Trinajstić information content (AvgIpc) is 3.29. The number of non-ortho nitro benzene ring substituents is 1. The smallest absolute Gasteiger partial charge is 0.305 e. The normalized spacial score (nSPS) is 13.9. The van der Waals surface area contributed by atoms with E-state index in [-0.39, 0.29) is 18.1 Å². The van der Waals surface area contributed by atoms with E-state index in [0.29, 0.717) is 23.2 Å². The van der Waals surface area contributed by atoms with E-state index in [1.54, 1.807) is 6.07 Å². The Balaban J connectivity index is 1.33. The number of carbonyl (C=O) groups excluding carboxylic acids is 1. The number of hydrazine groups is 1. The van der Waals surface area contributed by atoms with Gasteiger partial charge >= 0.3 is 5.91 Å². The number of amides is 1. The summed E-state index contributed by atoms with van der Waals surface area (Å²) in [7, 11) is 0. The molecule has 1 fully saturated rings. The van der Waals surface area contributed by atoms with E-state index in [9.17, 15) is 14.9 Å². The largest absolute Gasteiger partial charge is 0.486 e. The summed E-state index contributed by atoms with van der Waals surface area (Å²) in [5.41, 5.74) is 5.09. The van der Waals surface area contributed by atoms with Gasteiger partial charge in [-0.2, -0.15) is 0 Å². The summed E-state index contributed by atoms with van der Waals surface area (Å²) in [6.07, 6.45) is 0.923. The average molecular weight is 464 g/mol. The molecule has 3 rings (SSSR count). The molecule has 0 radical (unpaired) electrons. The summed E-state index contributed by atoms with van der Waals surface area (Å²) < 4.78 is 16.3. The van der Waals surface area contributed by atoms with Crippen LogP contribution >= 0.6 is 12.2 Å². The standard InChI is InChI=1S/C20H25N5O6S/c26-19(22-23-20(32)21-8-1-9-24-10-12-29-13-11-24)18-7-6-17(31-18)14-30-16-4-2-15(3-5-16)25(27)28/h2-7H,1,8-14H2,(H,22,26)(H2,21,23,32). The Labute approximate surface area is 190 Å². The summed E-state index contributed by atoms with van der Waals surface area (Å²) in [6.45, 7) is 5.16. The molecule has 1 aromatic heterocycles. The van der Waals surface area contributed by atoms with Crippen molar-refractivity contribution in [2.45, 2.75) is 13.0 Å². The number of nitrogens with zero attached hydrogens (tertiary/aromatic N) is 2. The van der Waals surface area contributed by atoms with Crippen LogP contribution in [-0.4, -0.2) is 60.2 Å². The fourth-order valence-electron chi connectivity index (χ4n) is 2.94. The minimum absolute atomic E-state index is 0.0219. The zero-order chi connectivity index (χ0) is 22.8. The third-order valence-electron chi connectivity index (χ3n) is 4.64. The van der Waals surface area contributed by atoms with Gasteiger partial charge in [0, 0.05) is 31.8 Å². The molecule has 0 atom stereocenters. The molecule has 3 N–H and O–H groups in total. The monoisotopic (exact) mass is 463 g/mol. The van der Waals surface area contributed by atoms with Crippen LogP contribution in [0.1, 0.15) is 22.7 Å². The summed E-state index contributed by atoms with van der Waals surface area (Å²) >= 11 is 5.16. The summed E-state index contributed by atoms with van der Waals surface area (Å²) in [6, 6.07) is 8.82. The zero-order valence-corrected chi connectivity index (χ0v) is 18.2. The molecule has 0 spiro atoms. The topological polar surface area (TPSA) is 131 Å². The number of morpholine rings is 1. The van der Waals surface area contributed by atoms with Crippen molar-refractivity contribution < 1.29 is 23.6 Å². The Kier molecular flexibility index (Phi) is 8.78. The molecule has 1 aliphatic rings. The second kappa shape index (κ2) is 12.0. The molecular formula is C20H25N5O6S. The first-order valence-corrected chi connectivity index (χ1v) is 10.5. The van der Waals surface area contributed by atoms with Crippen LogP contribution in [0, 0.1) is 10.1 Å². The van der Waals surface area contributed by atoms with Crippen LogP contribution in [0.2, 0.25) is 0 Å². The zero-order valence-electron chi connectivity index (χ0n) is 17.4. The third kappa shape index (κ3) is 7.48. The fraction of sp³-hybridized carbons (Fsp3) is 0.400. The van der Waals surface area contributed by atoms with Gasteiger partial charge in [-0.15, -0.1) is 0 Å². The van der Waals surface area contributed by atoms with Gasteiger partial charge in [-0.05, 0) is 49.4 Å². The van der Waals surface area contributed by atoms with E-state index in [2.05, 4.69) is 21.1 Å². The first kappa shape index (κ1) is 23.4. The third-order valence-corrected chi connectivity index (χ3v) is 4.89. The predicted molar refractivity (Wildman–Crippen MR) is 119 cm³/mol. The van der Waals surface area contributed by atoms with Crippen molar-refractivity contribution in [3.63, 3.8) is 0 Å². The van der Waals surface area contributed by atoms with E-state index < -0.39 is 10.8 Å². The number of thiocarbonyl (C=S) groups is 1. The van der Waals surface area contributed by atoms with E-state index in [4.69, 9.17) is 26.1 Å². The molecule has 1 saturated heterocycles. The lowest BCUT2D eigenvalue weighted by molar-refractivity contribution is -0.384.